The van der Waals surface area contributed by atoms with Gasteiger partial charge in [-0.05, 0) is 36.6 Å². The van der Waals surface area contributed by atoms with Gasteiger partial charge in [0.25, 0.3) is 0 Å². The molecule has 0 heterocycles. The van der Waals surface area contributed by atoms with Crippen molar-refractivity contribution in [2.24, 2.45) is 16.6 Å². The zero-order valence-corrected chi connectivity index (χ0v) is 10.9. The molecule has 3 nitrogen and oxygen atoms in total. The molecule has 16 heavy (non-hydrogen) atoms. The van der Waals surface area contributed by atoms with E-state index in [1.54, 1.807) is 0 Å². The summed E-state index contributed by atoms with van der Waals surface area (Å²) in [4.78, 5) is 11.8. The summed E-state index contributed by atoms with van der Waals surface area (Å²) < 4.78 is 0. The Morgan fingerprint density at radius 1 is 1.44 bits per heavy atom. The molecule has 0 saturated heterocycles. The second-order valence-electron chi connectivity index (χ2n) is 6.03. The SMILES string of the molecule is CCC(C)(C)CNC(=O)CC1(CN)CCC1. The van der Waals surface area contributed by atoms with E-state index >= 15 is 0 Å². The molecule has 1 saturated carbocycles. The quantitative estimate of drug-likeness (QED) is 0.728. The van der Waals surface area contributed by atoms with Crippen LogP contribution in [0.3, 0.4) is 0 Å². The Hall–Kier alpha value is -0.570. The zero-order chi connectivity index (χ0) is 12.2. The van der Waals surface area contributed by atoms with Gasteiger partial charge in [-0.15, -0.1) is 0 Å². The molecule has 0 aromatic carbocycles. The average Bonchev–Trinajstić information content (AvgIpc) is 2.21. The van der Waals surface area contributed by atoms with E-state index in [2.05, 4.69) is 26.1 Å². The molecule has 0 bridgehead atoms. The van der Waals surface area contributed by atoms with Crippen LogP contribution in [0, 0.1) is 10.8 Å². The standard InChI is InChI=1S/C13H26N2O/c1-4-12(2,3)10-15-11(16)8-13(9-14)6-5-7-13/h4-10,14H2,1-3H3,(H,15,16). The number of amides is 1. The predicted octanol–water partition coefficient (Wildman–Crippen LogP) is 2.06. The molecule has 3 heteroatoms. The number of hydrogen-bond acceptors (Lipinski definition) is 2. The van der Waals surface area contributed by atoms with Crippen molar-refractivity contribution in [2.45, 2.75) is 52.9 Å². The summed E-state index contributed by atoms with van der Waals surface area (Å²) in [7, 11) is 0. The second-order valence-corrected chi connectivity index (χ2v) is 6.03. The van der Waals surface area contributed by atoms with E-state index in [-0.39, 0.29) is 16.7 Å². The Balaban J connectivity index is 2.31. The highest BCUT2D eigenvalue weighted by Gasteiger charge is 2.37. The van der Waals surface area contributed by atoms with E-state index in [9.17, 15) is 4.79 Å². The summed E-state index contributed by atoms with van der Waals surface area (Å²) >= 11 is 0. The van der Waals surface area contributed by atoms with E-state index < -0.39 is 0 Å². The van der Waals surface area contributed by atoms with E-state index in [1.165, 1.54) is 6.42 Å². The number of nitrogens with one attached hydrogen (secondary N) is 1. The molecule has 1 fully saturated rings. The molecule has 0 radical (unpaired) electrons. The molecule has 1 aliphatic rings. The molecule has 0 aromatic rings. The fourth-order valence-electron chi connectivity index (χ4n) is 2.00. The molecular weight excluding hydrogens is 200 g/mol. The highest BCUT2D eigenvalue weighted by atomic mass is 16.1. The van der Waals surface area contributed by atoms with Gasteiger partial charge in [0, 0.05) is 13.0 Å². The van der Waals surface area contributed by atoms with E-state index in [0.29, 0.717) is 13.0 Å². The lowest BCUT2D eigenvalue weighted by Gasteiger charge is -2.40. The first-order chi connectivity index (χ1) is 7.43. The van der Waals surface area contributed by atoms with Crippen LogP contribution in [0.5, 0.6) is 0 Å². The van der Waals surface area contributed by atoms with E-state index in [4.69, 9.17) is 5.73 Å². The van der Waals surface area contributed by atoms with Crippen molar-refractivity contribution in [3.63, 3.8) is 0 Å². The lowest BCUT2D eigenvalue weighted by Crippen LogP contribution is -2.43. The van der Waals surface area contributed by atoms with Crippen molar-refractivity contribution >= 4 is 5.91 Å². The maximum absolute atomic E-state index is 11.8. The maximum atomic E-state index is 11.8. The lowest BCUT2D eigenvalue weighted by molar-refractivity contribution is -0.125. The summed E-state index contributed by atoms with van der Waals surface area (Å²) in [6.07, 6.45) is 5.16. The molecule has 1 rings (SSSR count). The van der Waals surface area contributed by atoms with E-state index in [1.807, 2.05) is 0 Å². The third kappa shape index (κ3) is 3.48. The summed E-state index contributed by atoms with van der Waals surface area (Å²) in [5.41, 5.74) is 6.07. The van der Waals surface area contributed by atoms with Crippen LogP contribution in [0.1, 0.15) is 52.9 Å². The monoisotopic (exact) mass is 226 g/mol. The molecule has 94 valence electrons. The van der Waals surface area contributed by atoms with Crippen LogP contribution in [0.2, 0.25) is 0 Å². The highest BCUT2D eigenvalue weighted by molar-refractivity contribution is 5.76. The number of hydrogen-bond donors (Lipinski definition) is 2. The third-order valence-corrected chi connectivity index (χ3v) is 4.10. The van der Waals surface area contributed by atoms with Crippen LogP contribution in [0.25, 0.3) is 0 Å². The molecule has 3 N–H and O–H groups in total. The van der Waals surface area contributed by atoms with Crippen LogP contribution in [0.4, 0.5) is 0 Å². The predicted molar refractivity (Wildman–Crippen MR) is 67.0 cm³/mol. The molecule has 0 aliphatic heterocycles. The molecule has 0 spiro atoms. The van der Waals surface area contributed by atoms with Gasteiger partial charge in [0.05, 0.1) is 0 Å². The summed E-state index contributed by atoms with van der Waals surface area (Å²) in [5.74, 6) is 0.173. The molecule has 1 aliphatic carbocycles. The fraction of sp³-hybridized carbons (Fsp3) is 0.923. The summed E-state index contributed by atoms with van der Waals surface area (Å²) in [5, 5.41) is 3.04. The molecule has 0 atom stereocenters. The first-order valence-corrected chi connectivity index (χ1v) is 6.40. The van der Waals surface area contributed by atoms with Crippen molar-refractivity contribution in [1.29, 1.82) is 0 Å². The minimum absolute atomic E-state index is 0.125. The Kier molecular flexibility index (Phi) is 4.36. The fourth-order valence-corrected chi connectivity index (χ4v) is 2.00. The van der Waals surface area contributed by atoms with Crippen LogP contribution < -0.4 is 11.1 Å². The van der Waals surface area contributed by atoms with Crippen LogP contribution in [-0.2, 0) is 4.79 Å². The Morgan fingerprint density at radius 3 is 2.44 bits per heavy atom. The minimum atomic E-state index is 0.125. The number of carbonyl (C=O) groups excluding carboxylic acids is 1. The normalized spacial score (nSPS) is 19.0. The van der Waals surface area contributed by atoms with Crippen molar-refractivity contribution in [3.8, 4) is 0 Å². The minimum Gasteiger partial charge on any atom is -0.356 e. The number of nitrogens with two attached hydrogens (primary N) is 1. The van der Waals surface area contributed by atoms with Gasteiger partial charge in [-0.3, -0.25) is 4.79 Å². The van der Waals surface area contributed by atoms with Crippen LogP contribution in [0.15, 0.2) is 0 Å². The van der Waals surface area contributed by atoms with Crippen molar-refractivity contribution in [1.82, 2.24) is 5.32 Å². The molecule has 0 aromatic heterocycles. The number of carbonyl (C=O) groups is 1. The average molecular weight is 226 g/mol. The number of rotatable bonds is 6. The Bertz CT molecular complexity index is 239. The van der Waals surface area contributed by atoms with Crippen molar-refractivity contribution < 1.29 is 4.79 Å². The largest absolute Gasteiger partial charge is 0.356 e. The first-order valence-electron chi connectivity index (χ1n) is 6.40. The van der Waals surface area contributed by atoms with Gasteiger partial charge in [0.2, 0.25) is 5.91 Å². The first kappa shape index (κ1) is 13.5. The highest BCUT2D eigenvalue weighted by Crippen LogP contribution is 2.42. The van der Waals surface area contributed by atoms with Crippen LogP contribution >= 0.6 is 0 Å². The van der Waals surface area contributed by atoms with Crippen LogP contribution in [-0.4, -0.2) is 19.0 Å². The van der Waals surface area contributed by atoms with Gasteiger partial charge < -0.3 is 11.1 Å². The summed E-state index contributed by atoms with van der Waals surface area (Å²) in [6.45, 7) is 7.92. The van der Waals surface area contributed by atoms with Crippen molar-refractivity contribution in [2.75, 3.05) is 13.1 Å². The lowest BCUT2D eigenvalue weighted by atomic mass is 9.66. The Morgan fingerprint density at radius 2 is 2.06 bits per heavy atom. The maximum Gasteiger partial charge on any atom is 0.220 e. The third-order valence-electron chi connectivity index (χ3n) is 4.10. The topological polar surface area (TPSA) is 55.1 Å². The zero-order valence-electron chi connectivity index (χ0n) is 10.9. The molecular formula is C13H26N2O. The van der Waals surface area contributed by atoms with Gasteiger partial charge in [-0.1, -0.05) is 27.2 Å². The molecule has 0 unspecified atom stereocenters. The van der Waals surface area contributed by atoms with Gasteiger partial charge in [0.15, 0.2) is 0 Å². The van der Waals surface area contributed by atoms with Gasteiger partial charge >= 0.3 is 0 Å². The smallest absolute Gasteiger partial charge is 0.220 e. The van der Waals surface area contributed by atoms with E-state index in [0.717, 1.165) is 25.8 Å². The summed E-state index contributed by atoms with van der Waals surface area (Å²) in [6, 6.07) is 0. The van der Waals surface area contributed by atoms with Crippen molar-refractivity contribution in [3.05, 3.63) is 0 Å². The van der Waals surface area contributed by atoms with Gasteiger partial charge in [0.1, 0.15) is 0 Å². The Labute approximate surface area is 99.2 Å². The second kappa shape index (κ2) is 5.17. The van der Waals surface area contributed by atoms with Gasteiger partial charge in [-0.2, -0.15) is 0 Å². The van der Waals surface area contributed by atoms with Gasteiger partial charge in [-0.25, -0.2) is 0 Å². The molecule has 1 amide bonds.